The largest absolute Gasteiger partial charge is 0.481 e. The summed E-state index contributed by atoms with van der Waals surface area (Å²) < 4.78 is 0. The Morgan fingerprint density at radius 3 is 2.59 bits per heavy atom. The Kier molecular flexibility index (Phi) is 7.87. The molecule has 2 rings (SSSR count). The van der Waals surface area contributed by atoms with Gasteiger partial charge in [0.05, 0.1) is 6.54 Å². The topological polar surface area (TPSA) is 96.2 Å². The number of hydrogen-bond donors (Lipinski definition) is 2. The Bertz CT molecular complexity index is 715. The van der Waals surface area contributed by atoms with Crippen LogP contribution in [0.5, 0.6) is 0 Å². The number of benzene rings is 1. The Morgan fingerprint density at radius 1 is 1.26 bits per heavy atom. The summed E-state index contributed by atoms with van der Waals surface area (Å²) >= 11 is 0. The van der Waals surface area contributed by atoms with E-state index in [2.05, 4.69) is 58.7 Å². The Labute approximate surface area is 160 Å². The van der Waals surface area contributed by atoms with Crippen molar-refractivity contribution in [3.63, 3.8) is 0 Å². The highest BCUT2D eigenvalue weighted by atomic mass is 16.4. The third kappa shape index (κ3) is 6.41. The summed E-state index contributed by atoms with van der Waals surface area (Å²) in [7, 11) is 4.11. The molecule has 0 saturated heterocycles. The number of carboxylic acids is 1. The number of unbranched alkanes of at least 4 members (excludes halogenated alkanes) is 1. The summed E-state index contributed by atoms with van der Waals surface area (Å²) in [6.45, 7) is 5.91. The van der Waals surface area contributed by atoms with Crippen molar-refractivity contribution in [3.05, 3.63) is 29.8 Å². The quantitative estimate of drug-likeness (QED) is 0.582. The molecule has 0 aliphatic heterocycles. The number of hydrogen-bond acceptors (Lipinski definition) is 6. The molecule has 0 unspecified atom stereocenters. The number of carbonyl (C=O) groups is 1. The van der Waals surface area contributed by atoms with Crippen molar-refractivity contribution in [2.24, 2.45) is 0 Å². The fraction of sp³-hybridized carbons (Fsp3) is 0.579. The van der Waals surface area contributed by atoms with Crippen LogP contribution >= 0.6 is 0 Å². The zero-order valence-electron chi connectivity index (χ0n) is 16.6. The summed E-state index contributed by atoms with van der Waals surface area (Å²) in [6.07, 6.45) is 1.50. The van der Waals surface area contributed by atoms with E-state index in [1.165, 1.54) is 10.4 Å². The van der Waals surface area contributed by atoms with Crippen molar-refractivity contribution < 1.29 is 9.90 Å². The first-order chi connectivity index (χ1) is 12.9. The lowest BCUT2D eigenvalue weighted by atomic mass is 10.0. The van der Waals surface area contributed by atoms with Crippen molar-refractivity contribution in [1.82, 2.24) is 30.4 Å². The number of aromatic nitrogens is 4. The van der Waals surface area contributed by atoms with Gasteiger partial charge >= 0.3 is 5.97 Å². The van der Waals surface area contributed by atoms with E-state index in [0.717, 1.165) is 18.5 Å². The zero-order chi connectivity index (χ0) is 19.8. The van der Waals surface area contributed by atoms with Crippen molar-refractivity contribution in [2.75, 3.05) is 20.6 Å². The van der Waals surface area contributed by atoms with Gasteiger partial charge < -0.3 is 10.4 Å². The van der Waals surface area contributed by atoms with Gasteiger partial charge in [0.15, 0.2) is 0 Å². The Balaban J connectivity index is 1.94. The normalized spacial score (nSPS) is 13.7. The lowest BCUT2D eigenvalue weighted by Gasteiger charge is -2.27. The fourth-order valence-corrected chi connectivity index (χ4v) is 2.83. The maximum Gasteiger partial charge on any atom is 0.303 e. The maximum atomic E-state index is 10.5. The highest BCUT2D eigenvalue weighted by molar-refractivity contribution is 5.66. The second kappa shape index (κ2) is 10.1. The lowest BCUT2D eigenvalue weighted by Crippen LogP contribution is -2.36. The van der Waals surface area contributed by atoms with E-state index < -0.39 is 5.97 Å². The van der Waals surface area contributed by atoms with Gasteiger partial charge in [0.1, 0.15) is 0 Å². The molecule has 0 spiro atoms. The second-order valence-corrected chi connectivity index (χ2v) is 6.99. The van der Waals surface area contributed by atoms with Gasteiger partial charge in [-0.05, 0) is 51.6 Å². The lowest BCUT2D eigenvalue weighted by molar-refractivity contribution is -0.137. The van der Waals surface area contributed by atoms with Crippen LogP contribution in [-0.2, 0) is 11.3 Å². The number of nitrogens with one attached hydrogen (secondary N) is 1. The van der Waals surface area contributed by atoms with Crippen LogP contribution in [0.25, 0.3) is 11.4 Å². The van der Waals surface area contributed by atoms with Crippen LogP contribution in [0, 0.1) is 0 Å². The summed E-state index contributed by atoms with van der Waals surface area (Å²) in [5, 5.41) is 24.5. The molecule has 27 heavy (non-hydrogen) atoms. The predicted octanol–water partition coefficient (Wildman–Crippen LogP) is 2.20. The molecular formula is C19H30N6O2. The molecule has 0 aliphatic carbocycles. The highest BCUT2D eigenvalue weighted by Crippen LogP contribution is 2.22. The van der Waals surface area contributed by atoms with E-state index in [-0.39, 0.29) is 6.42 Å². The SMILES string of the molecule is CN[C@H](C)CN(C)[C@@H](C)c1ccc(-c2nnn(CCCCC(=O)O)n2)cc1. The second-order valence-electron chi connectivity index (χ2n) is 6.99. The van der Waals surface area contributed by atoms with Crippen molar-refractivity contribution in [1.29, 1.82) is 0 Å². The Morgan fingerprint density at radius 2 is 1.96 bits per heavy atom. The van der Waals surface area contributed by atoms with Crippen LogP contribution in [-0.4, -0.2) is 62.9 Å². The first kappa shape index (κ1) is 21.0. The number of tetrazole rings is 1. The minimum atomic E-state index is -0.775. The number of aliphatic carboxylic acids is 1. The summed E-state index contributed by atoms with van der Waals surface area (Å²) in [4.78, 5) is 14.4. The van der Waals surface area contributed by atoms with Gasteiger partial charge in [-0.1, -0.05) is 24.3 Å². The van der Waals surface area contributed by atoms with E-state index in [9.17, 15) is 4.79 Å². The highest BCUT2D eigenvalue weighted by Gasteiger charge is 2.14. The van der Waals surface area contributed by atoms with Crippen LogP contribution in [0.2, 0.25) is 0 Å². The summed E-state index contributed by atoms with van der Waals surface area (Å²) in [5.41, 5.74) is 2.17. The maximum absolute atomic E-state index is 10.5. The van der Waals surface area contributed by atoms with E-state index in [0.29, 0.717) is 30.9 Å². The first-order valence-electron chi connectivity index (χ1n) is 9.38. The monoisotopic (exact) mass is 374 g/mol. The van der Waals surface area contributed by atoms with E-state index >= 15 is 0 Å². The molecule has 1 aromatic carbocycles. The summed E-state index contributed by atoms with van der Waals surface area (Å²) in [6, 6.07) is 9.00. The molecule has 148 valence electrons. The number of nitrogens with zero attached hydrogens (tertiary/aromatic N) is 5. The molecule has 2 aromatic rings. The number of carboxylic acid groups (broad SMARTS) is 1. The van der Waals surface area contributed by atoms with Gasteiger partial charge in [-0.15, -0.1) is 10.2 Å². The molecule has 0 bridgehead atoms. The van der Waals surface area contributed by atoms with Crippen LogP contribution in [0.3, 0.4) is 0 Å². The van der Waals surface area contributed by atoms with Crippen LogP contribution in [0.15, 0.2) is 24.3 Å². The average Bonchev–Trinajstić information content (AvgIpc) is 3.13. The van der Waals surface area contributed by atoms with Gasteiger partial charge in [0.2, 0.25) is 5.82 Å². The van der Waals surface area contributed by atoms with E-state index in [4.69, 9.17) is 5.11 Å². The zero-order valence-corrected chi connectivity index (χ0v) is 16.6. The molecule has 8 nitrogen and oxygen atoms in total. The third-order valence-electron chi connectivity index (χ3n) is 4.82. The molecule has 1 aromatic heterocycles. The van der Waals surface area contributed by atoms with Crippen molar-refractivity contribution >= 4 is 5.97 Å². The van der Waals surface area contributed by atoms with Gasteiger partial charge in [-0.2, -0.15) is 4.80 Å². The van der Waals surface area contributed by atoms with Crippen LogP contribution in [0.1, 0.15) is 44.7 Å². The molecule has 0 aliphatic rings. The minimum absolute atomic E-state index is 0.169. The van der Waals surface area contributed by atoms with Crippen molar-refractivity contribution in [3.8, 4) is 11.4 Å². The van der Waals surface area contributed by atoms with E-state index in [1.807, 2.05) is 19.2 Å². The molecule has 1 heterocycles. The first-order valence-corrected chi connectivity index (χ1v) is 9.38. The smallest absolute Gasteiger partial charge is 0.303 e. The van der Waals surface area contributed by atoms with Gasteiger partial charge in [-0.3, -0.25) is 9.69 Å². The molecule has 0 radical (unpaired) electrons. The van der Waals surface area contributed by atoms with Gasteiger partial charge in [-0.25, -0.2) is 0 Å². The number of aryl methyl sites for hydroxylation is 1. The van der Waals surface area contributed by atoms with Crippen molar-refractivity contribution in [2.45, 2.75) is 51.7 Å². The predicted molar refractivity (Wildman–Crippen MR) is 104 cm³/mol. The molecule has 8 heteroatoms. The molecule has 0 saturated carbocycles. The molecule has 0 amide bonds. The van der Waals surface area contributed by atoms with Crippen LogP contribution < -0.4 is 5.32 Å². The third-order valence-corrected chi connectivity index (χ3v) is 4.82. The van der Waals surface area contributed by atoms with Crippen LogP contribution in [0.4, 0.5) is 0 Å². The Hall–Kier alpha value is -2.32. The van der Waals surface area contributed by atoms with Gasteiger partial charge in [0.25, 0.3) is 0 Å². The van der Waals surface area contributed by atoms with E-state index in [1.54, 1.807) is 0 Å². The number of rotatable bonds is 11. The molecule has 2 atom stereocenters. The van der Waals surface area contributed by atoms with Gasteiger partial charge in [0, 0.05) is 30.6 Å². The molecule has 0 fully saturated rings. The molecular weight excluding hydrogens is 344 g/mol. The fourth-order valence-electron chi connectivity index (χ4n) is 2.83. The average molecular weight is 374 g/mol. The minimum Gasteiger partial charge on any atom is -0.481 e. The standard InChI is InChI=1S/C19H30N6O2/c1-14(20-3)13-24(4)15(2)16-8-10-17(11-9-16)19-21-23-25(22-19)12-6-5-7-18(26)27/h8-11,14-15,20H,5-7,12-13H2,1-4H3,(H,26,27)/t14-,15+/m1/s1. The number of likely N-dealkylation sites (N-methyl/N-ethyl adjacent to an activating group) is 2. The summed E-state index contributed by atoms with van der Waals surface area (Å²) in [5.74, 6) is -0.188. The molecule has 2 N–H and O–H groups in total.